The van der Waals surface area contributed by atoms with E-state index in [1.165, 1.54) is 6.26 Å². The summed E-state index contributed by atoms with van der Waals surface area (Å²) in [5, 5.41) is 3.42. The Labute approximate surface area is 191 Å². The number of carbonyl (C=O) groups is 2. The first kappa shape index (κ1) is 21.9. The van der Waals surface area contributed by atoms with Crippen molar-refractivity contribution in [3.05, 3.63) is 83.3 Å². The van der Waals surface area contributed by atoms with Crippen LogP contribution in [0.15, 0.2) is 71.3 Å². The zero-order valence-corrected chi connectivity index (χ0v) is 18.5. The number of furan rings is 1. The molecule has 0 bridgehead atoms. The number of methoxy groups -OCH3 is 1. The normalized spacial score (nSPS) is 15.2. The van der Waals surface area contributed by atoms with Crippen LogP contribution < -0.4 is 15.0 Å². The van der Waals surface area contributed by atoms with Crippen LogP contribution in [0, 0.1) is 0 Å². The molecule has 1 aromatic heterocycles. The fourth-order valence-corrected chi connectivity index (χ4v) is 4.28. The Bertz CT molecular complexity index is 1060. The maximum absolute atomic E-state index is 13.4. The third kappa shape index (κ3) is 4.79. The number of amides is 2. The Balaban J connectivity index is 1.50. The Morgan fingerprint density at radius 3 is 2.47 bits per heavy atom. The van der Waals surface area contributed by atoms with Gasteiger partial charge in [-0.1, -0.05) is 41.9 Å². The summed E-state index contributed by atoms with van der Waals surface area (Å²) in [6, 6.07) is 17.8. The van der Waals surface area contributed by atoms with Crippen LogP contribution >= 0.6 is 11.6 Å². The molecule has 8 heteroatoms. The molecule has 0 aliphatic carbocycles. The first-order valence-electron chi connectivity index (χ1n) is 10.4. The van der Waals surface area contributed by atoms with E-state index < -0.39 is 6.04 Å². The van der Waals surface area contributed by atoms with Gasteiger partial charge in [0, 0.05) is 11.3 Å². The molecule has 166 valence electrons. The second-order valence-electron chi connectivity index (χ2n) is 7.61. The average molecular weight is 455 g/mol. The van der Waals surface area contributed by atoms with Crippen molar-refractivity contribution in [2.24, 2.45) is 0 Å². The molecular weight excluding hydrogens is 430 g/mol. The number of ether oxygens (including phenoxy) is 1. The van der Waals surface area contributed by atoms with Gasteiger partial charge >= 0.3 is 0 Å². The highest BCUT2D eigenvalue weighted by Gasteiger charge is 2.35. The van der Waals surface area contributed by atoms with Crippen LogP contribution in [0.3, 0.4) is 0 Å². The van der Waals surface area contributed by atoms with Gasteiger partial charge < -0.3 is 24.3 Å². The van der Waals surface area contributed by atoms with E-state index in [0.717, 1.165) is 10.5 Å². The van der Waals surface area contributed by atoms with Crippen molar-refractivity contribution >= 4 is 29.1 Å². The molecule has 2 aromatic carbocycles. The second kappa shape index (κ2) is 9.89. The van der Waals surface area contributed by atoms with Crippen molar-refractivity contribution in [2.45, 2.75) is 6.04 Å². The second-order valence-corrected chi connectivity index (χ2v) is 8.02. The maximum Gasteiger partial charge on any atom is 0.289 e. The van der Waals surface area contributed by atoms with Gasteiger partial charge in [-0.05, 0) is 30.3 Å². The van der Waals surface area contributed by atoms with Crippen molar-refractivity contribution in [1.82, 2.24) is 4.90 Å². The fourth-order valence-electron chi connectivity index (χ4n) is 4.02. The van der Waals surface area contributed by atoms with Gasteiger partial charge in [-0.2, -0.15) is 0 Å². The summed E-state index contributed by atoms with van der Waals surface area (Å²) in [7, 11) is 1.55. The summed E-state index contributed by atoms with van der Waals surface area (Å²) in [6.45, 7) is 2.37. The van der Waals surface area contributed by atoms with E-state index in [2.05, 4.69) is 5.32 Å². The summed E-state index contributed by atoms with van der Waals surface area (Å²) >= 11 is 6.22. The van der Waals surface area contributed by atoms with Crippen LogP contribution in [0.1, 0.15) is 22.2 Å². The topological polar surface area (TPSA) is 76.2 Å². The zero-order chi connectivity index (χ0) is 22.5. The molecule has 2 N–H and O–H groups in total. The first-order valence-corrected chi connectivity index (χ1v) is 10.8. The average Bonchev–Trinajstić information content (AvgIpc) is 3.35. The number of carbonyl (C=O) groups excluding carboxylic acids is 2. The molecule has 0 unspecified atom stereocenters. The monoisotopic (exact) mass is 454 g/mol. The number of rotatable bonds is 6. The van der Waals surface area contributed by atoms with Crippen molar-refractivity contribution in [3.63, 3.8) is 0 Å². The van der Waals surface area contributed by atoms with E-state index in [9.17, 15) is 9.59 Å². The predicted octanol–water partition coefficient (Wildman–Crippen LogP) is 2.66. The number of halogens is 1. The molecule has 1 fully saturated rings. The number of hydrogen-bond acceptors (Lipinski definition) is 4. The number of benzene rings is 2. The predicted molar refractivity (Wildman–Crippen MR) is 121 cm³/mol. The molecule has 32 heavy (non-hydrogen) atoms. The molecule has 1 aliphatic rings. The van der Waals surface area contributed by atoms with Gasteiger partial charge in [0.25, 0.3) is 11.8 Å². The third-order valence-corrected chi connectivity index (χ3v) is 5.94. The van der Waals surface area contributed by atoms with Gasteiger partial charge in [-0.25, -0.2) is 0 Å². The summed E-state index contributed by atoms with van der Waals surface area (Å²) in [5.41, 5.74) is 1.53. The smallest absolute Gasteiger partial charge is 0.289 e. The molecule has 0 saturated carbocycles. The molecule has 1 aliphatic heterocycles. The van der Waals surface area contributed by atoms with Crippen LogP contribution in [0.5, 0.6) is 5.75 Å². The van der Waals surface area contributed by atoms with E-state index in [0.29, 0.717) is 48.4 Å². The quantitative estimate of drug-likeness (QED) is 0.600. The lowest BCUT2D eigenvalue weighted by atomic mass is 10.0. The molecule has 1 atom stereocenters. The molecule has 1 saturated heterocycles. The number of anilines is 1. The van der Waals surface area contributed by atoms with Gasteiger partial charge in [0.2, 0.25) is 0 Å². The Hall–Kier alpha value is -3.29. The minimum absolute atomic E-state index is 0.123. The molecule has 2 amide bonds. The lowest BCUT2D eigenvalue weighted by molar-refractivity contribution is -0.925. The lowest BCUT2D eigenvalue weighted by Gasteiger charge is -2.35. The van der Waals surface area contributed by atoms with Crippen LogP contribution in [0.4, 0.5) is 5.69 Å². The van der Waals surface area contributed by atoms with Crippen LogP contribution in [-0.4, -0.2) is 50.0 Å². The highest BCUT2D eigenvalue weighted by molar-refractivity contribution is 6.32. The van der Waals surface area contributed by atoms with E-state index in [-0.39, 0.29) is 11.8 Å². The Kier molecular flexibility index (Phi) is 6.78. The fraction of sp³-hybridized carbons (Fsp3) is 0.250. The van der Waals surface area contributed by atoms with E-state index in [1.54, 1.807) is 42.3 Å². The number of piperazine rings is 1. The zero-order valence-electron chi connectivity index (χ0n) is 17.7. The first-order chi connectivity index (χ1) is 15.6. The van der Waals surface area contributed by atoms with Crippen LogP contribution in [-0.2, 0) is 4.79 Å². The summed E-state index contributed by atoms with van der Waals surface area (Å²) in [4.78, 5) is 28.8. The van der Waals surface area contributed by atoms with Crippen molar-refractivity contribution in [2.75, 3.05) is 38.6 Å². The molecule has 2 heterocycles. The van der Waals surface area contributed by atoms with Gasteiger partial charge in [0.1, 0.15) is 5.75 Å². The van der Waals surface area contributed by atoms with Gasteiger partial charge in [-0.3, -0.25) is 9.59 Å². The minimum Gasteiger partial charge on any atom is -0.495 e. The minimum atomic E-state index is -0.419. The molecular formula is C24H25ClN3O4+. The lowest BCUT2D eigenvalue weighted by Crippen LogP contribution is -3.16. The third-order valence-electron chi connectivity index (χ3n) is 5.65. The van der Waals surface area contributed by atoms with Gasteiger partial charge in [0.15, 0.2) is 11.8 Å². The van der Waals surface area contributed by atoms with Gasteiger partial charge in [-0.15, -0.1) is 0 Å². The Morgan fingerprint density at radius 2 is 1.84 bits per heavy atom. The molecule has 7 nitrogen and oxygen atoms in total. The summed E-state index contributed by atoms with van der Waals surface area (Å²) in [5.74, 6) is 0.635. The number of quaternary nitrogens is 1. The van der Waals surface area contributed by atoms with E-state index >= 15 is 0 Å². The number of nitrogens with one attached hydrogen (secondary N) is 2. The highest BCUT2D eigenvalue weighted by atomic mass is 35.5. The van der Waals surface area contributed by atoms with Crippen molar-refractivity contribution < 1.29 is 23.6 Å². The SMILES string of the molecule is COc1ccc(NC(=O)[C@H](c2ccccc2)[NH+]2CCN(C(=O)c3ccco3)CC2)cc1Cl. The van der Waals surface area contributed by atoms with Crippen molar-refractivity contribution in [3.8, 4) is 5.75 Å². The van der Waals surface area contributed by atoms with Crippen LogP contribution in [0.25, 0.3) is 0 Å². The van der Waals surface area contributed by atoms with E-state index in [4.69, 9.17) is 20.8 Å². The largest absolute Gasteiger partial charge is 0.495 e. The Morgan fingerprint density at radius 1 is 1.09 bits per heavy atom. The molecule has 3 aromatic rings. The molecule has 0 radical (unpaired) electrons. The standard InChI is InChI=1S/C24H24ClN3O4/c1-31-20-10-9-18(16-19(20)25)26-23(29)22(17-6-3-2-4-7-17)27-11-13-28(14-12-27)24(30)21-8-5-15-32-21/h2-10,15-16,22H,11-14H2,1H3,(H,26,29)/p+1/t22-/m0/s1. The van der Waals surface area contributed by atoms with Crippen molar-refractivity contribution in [1.29, 1.82) is 0 Å². The van der Waals surface area contributed by atoms with E-state index in [1.807, 2.05) is 30.3 Å². The van der Waals surface area contributed by atoms with Gasteiger partial charge in [0.05, 0.1) is 44.6 Å². The number of nitrogens with zero attached hydrogens (tertiary/aromatic N) is 1. The highest BCUT2D eigenvalue weighted by Crippen LogP contribution is 2.27. The molecule has 0 spiro atoms. The summed E-state index contributed by atoms with van der Waals surface area (Å²) in [6.07, 6.45) is 1.50. The molecule has 4 rings (SSSR count). The maximum atomic E-state index is 13.4. The number of hydrogen-bond donors (Lipinski definition) is 2. The summed E-state index contributed by atoms with van der Waals surface area (Å²) < 4.78 is 10.4. The van der Waals surface area contributed by atoms with Crippen LogP contribution in [0.2, 0.25) is 5.02 Å².